The van der Waals surface area contributed by atoms with Crippen molar-refractivity contribution < 1.29 is 9.47 Å². The highest BCUT2D eigenvalue weighted by Gasteiger charge is 2.09. The molecule has 0 spiro atoms. The summed E-state index contributed by atoms with van der Waals surface area (Å²) in [4.78, 5) is 4.37. The van der Waals surface area contributed by atoms with Crippen LogP contribution in [0.1, 0.15) is 20.3 Å². The highest BCUT2D eigenvalue weighted by molar-refractivity contribution is 5.51. The van der Waals surface area contributed by atoms with Gasteiger partial charge in [-0.05, 0) is 32.4 Å². The first-order valence-electron chi connectivity index (χ1n) is 7.44. The van der Waals surface area contributed by atoms with E-state index in [9.17, 15) is 0 Å². The van der Waals surface area contributed by atoms with Crippen LogP contribution in [0.15, 0.2) is 36.7 Å². The predicted molar refractivity (Wildman–Crippen MR) is 84.3 cm³/mol. The molecule has 1 N–H and O–H groups in total. The van der Waals surface area contributed by atoms with Crippen molar-refractivity contribution in [3.8, 4) is 11.4 Å². The third-order valence-electron chi connectivity index (χ3n) is 3.02. The van der Waals surface area contributed by atoms with E-state index in [-0.39, 0.29) is 0 Å². The molecular weight excluding hydrogens is 266 g/mol. The molecule has 1 aromatic carbocycles. The maximum absolute atomic E-state index is 5.68. The molecule has 5 nitrogen and oxygen atoms in total. The zero-order valence-corrected chi connectivity index (χ0v) is 12.7. The molecule has 0 saturated carbocycles. The van der Waals surface area contributed by atoms with Gasteiger partial charge in [0.05, 0.1) is 12.3 Å². The Labute approximate surface area is 125 Å². The van der Waals surface area contributed by atoms with Gasteiger partial charge in [-0.2, -0.15) is 0 Å². The molecule has 0 radical (unpaired) electrons. The molecule has 0 aliphatic carbocycles. The molecule has 0 aliphatic rings. The van der Waals surface area contributed by atoms with Crippen LogP contribution in [0, 0.1) is 0 Å². The van der Waals surface area contributed by atoms with E-state index in [1.54, 1.807) is 6.20 Å². The highest BCUT2D eigenvalue weighted by atomic mass is 16.5. The van der Waals surface area contributed by atoms with Crippen LogP contribution >= 0.6 is 0 Å². The lowest BCUT2D eigenvalue weighted by atomic mass is 10.3. The number of ether oxygens (including phenoxy) is 2. The average molecular weight is 289 g/mol. The number of hydrogen-bond donors (Lipinski definition) is 1. The topological polar surface area (TPSA) is 48.3 Å². The van der Waals surface area contributed by atoms with Crippen molar-refractivity contribution in [3.63, 3.8) is 0 Å². The smallest absolute Gasteiger partial charge is 0.207 e. The molecule has 0 unspecified atom stereocenters. The Hall–Kier alpha value is -2.01. The van der Waals surface area contributed by atoms with Crippen molar-refractivity contribution in [3.05, 3.63) is 36.7 Å². The van der Waals surface area contributed by atoms with Gasteiger partial charge in [0.1, 0.15) is 5.75 Å². The van der Waals surface area contributed by atoms with Crippen LogP contribution in [0.2, 0.25) is 0 Å². The second-order valence-electron chi connectivity index (χ2n) is 4.50. The molecule has 114 valence electrons. The second kappa shape index (κ2) is 8.32. The molecule has 1 aromatic heterocycles. The van der Waals surface area contributed by atoms with Crippen LogP contribution in [0.5, 0.6) is 5.75 Å². The fraction of sp³-hybridized carbons (Fsp3) is 0.438. The number of nitrogens with zero attached hydrogens (tertiary/aromatic N) is 2. The van der Waals surface area contributed by atoms with Gasteiger partial charge in [0.25, 0.3) is 0 Å². The lowest BCUT2D eigenvalue weighted by Crippen LogP contribution is -2.10. The summed E-state index contributed by atoms with van der Waals surface area (Å²) in [5.41, 5.74) is 0.990. The first kappa shape index (κ1) is 15.4. The minimum Gasteiger partial charge on any atom is -0.492 e. The van der Waals surface area contributed by atoms with Gasteiger partial charge in [0, 0.05) is 32.2 Å². The van der Waals surface area contributed by atoms with Gasteiger partial charge in [-0.1, -0.05) is 12.1 Å². The normalized spacial score (nSPS) is 10.6. The van der Waals surface area contributed by atoms with E-state index in [1.165, 1.54) is 0 Å². The number of rotatable bonds is 9. The Kier molecular flexibility index (Phi) is 6.09. The largest absolute Gasteiger partial charge is 0.492 e. The number of aromatic nitrogens is 2. The number of benzene rings is 1. The summed E-state index contributed by atoms with van der Waals surface area (Å²) in [6.07, 6.45) is 4.67. The Morgan fingerprint density at radius 3 is 2.86 bits per heavy atom. The van der Waals surface area contributed by atoms with Crippen molar-refractivity contribution in [1.82, 2.24) is 9.55 Å². The summed E-state index contributed by atoms with van der Waals surface area (Å²) in [5, 5.41) is 3.34. The van der Waals surface area contributed by atoms with Crippen LogP contribution in [0.4, 0.5) is 5.95 Å². The van der Waals surface area contributed by atoms with Crippen molar-refractivity contribution in [2.24, 2.45) is 0 Å². The second-order valence-corrected chi connectivity index (χ2v) is 4.50. The van der Waals surface area contributed by atoms with Gasteiger partial charge in [0.15, 0.2) is 0 Å². The standard InChI is InChI=1S/C16H23N3O2/c1-3-20-13-7-10-17-16-18-11-12-19(16)14-8-5-6-9-15(14)21-4-2/h5-6,8-9,11-12H,3-4,7,10,13H2,1-2H3,(H,17,18). The quantitative estimate of drug-likeness (QED) is 0.721. The number of para-hydroxylation sites is 2. The van der Waals surface area contributed by atoms with E-state index in [0.29, 0.717) is 6.61 Å². The van der Waals surface area contributed by atoms with Gasteiger partial charge < -0.3 is 14.8 Å². The SMILES string of the molecule is CCOCCCNc1nccn1-c1ccccc1OCC. The van der Waals surface area contributed by atoms with Crippen molar-refractivity contribution >= 4 is 5.95 Å². The van der Waals surface area contributed by atoms with E-state index in [1.807, 2.05) is 48.9 Å². The number of anilines is 1. The third-order valence-corrected chi connectivity index (χ3v) is 3.02. The number of hydrogen-bond acceptors (Lipinski definition) is 4. The van der Waals surface area contributed by atoms with Crippen LogP contribution in [-0.4, -0.2) is 35.9 Å². The fourth-order valence-electron chi connectivity index (χ4n) is 2.08. The first-order valence-corrected chi connectivity index (χ1v) is 7.44. The molecule has 1 heterocycles. The van der Waals surface area contributed by atoms with Crippen molar-refractivity contribution in [2.45, 2.75) is 20.3 Å². The Balaban J connectivity index is 2.06. The van der Waals surface area contributed by atoms with Gasteiger partial charge in [-0.15, -0.1) is 0 Å². The van der Waals surface area contributed by atoms with E-state index < -0.39 is 0 Å². The lowest BCUT2D eigenvalue weighted by molar-refractivity contribution is 0.147. The van der Waals surface area contributed by atoms with E-state index in [0.717, 1.165) is 43.6 Å². The molecule has 0 aliphatic heterocycles. The van der Waals surface area contributed by atoms with Crippen LogP contribution < -0.4 is 10.1 Å². The summed E-state index contributed by atoms with van der Waals surface area (Å²) in [6, 6.07) is 7.97. The molecule has 0 fully saturated rings. The zero-order chi connectivity index (χ0) is 14.9. The summed E-state index contributed by atoms with van der Waals surface area (Å²) in [6.45, 7) is 6.98. The summed E-state index contributed by atoms with van der Waals surface area (Å²) >= 11 is 0. The molecule has 0 saturated heterocycles. The predicted octanol–water partition coefficient (Wildman–Crippen LogP) is 3.11. The van der Waals surface area contributed by atoms with E-state index >= 15 is 0 Å². The summed E-state index contributed by atoms with van der Waals surface area (Å²) in [5.74, 6) is 1.68. The average Bonchev–Trinajstić information content (AvgIpc) is 2.96. The molecule has 0 atom stereocenters. The zero-order valence-electron chi connectivity index (χ0n) is 12.7. The number of nitrogens with one attached hydrogen (secondary N) is 1. The Morgan fingerprint density at radius 2 is 2.05 bits per heavy atom. The van der Waals surface area contributed by atoms with Crippen molar-refractivity contribution in [2.75, 3.05) is 31.7 Å². The highest BCUT2D eigenvalue weighted by Crippen LogP contribution is 2.25. The van der Waals surface area contributed by atoms with Gasteiger partial charge in [0.2, 0.25) is 5.95 Å². The Bertz CT molecular complexity index is 540. The maximum atomic E-state index is 5.68. The van der Waals surface area contributed by atoms with Gasteiger partial charge in [-0.3, -0.25) is 4.57 Å². The van der Waals surface area contributed by atoms with Crippen molar-refractivity contribution in [1.29, 1.82) is 0 Å². The molecule has 0 amide bonds. The third kappa shape index (κ3) is 4.23. The monoisotopic (exact) mass is 289 g/mol. The summed E-state index contributed by atoms with van der Waals surface area (Å²) < 4.78 is 13.0. The van der Waals surface area contributed by atoms with E-state index in [2.05, 4.69) is 10.3 Å². The van der Waals surface area contributed by atoms with Crippen LogP contribution in [-0.2, 0) is 4.74 Å². The molecule has 2 aromatic rings. The van der Waals surface area contributed by atoms with Crippen LogP contribution in [0.25, 0.3) is 5.69 Å². The number of imidazole rings is 1. The minimum absolute atomic E-state index is 0.642. The van der Waals surface area contributed by atoms with Gasteiger partial charge in [-0.25, -0.2) is 4.98 Å². The van der Waals surface area contributed by atoms with E-state index in [4.69, 9.17) is 9.47 Å². The minimum atomic E-state index is 0.642. The molecule has 0 bridgehead atoms. The van der Waals surface area contributed by atoms with Gasteiger partial charge >= 0.3 is 0 Å². The Morgan fingerprint density at radius 1 is 1.19 bits per heavy atom. The molecular formula is C16H23N3O2. The fourth-order valence-corrected chi connectivity index (χ4v) is 2.08. The molecule has 2 rings (SSSR count). The maximum Gasteiger partial charge on any atom is 0.207 e. The molecule has 21 heavy (non-hydrogen) atoms. The first-order chi connectivity index (χ1) is 10.4. The lowest BCUT2D eigenvalue weighted by Gasteiger charge is -2.14. The molecule has 5 heteroatoms. The van der Waals surface area contributed by atoms with Crippen LogP contribution in [0.3, 0.4) is 0 Å². The summed E-state index contributed by atoms with van der Waals surface area (Å²) in [7, 11) is 0.